The number of benzene rings is 1. The zero-order chi connectivity index (χ0) is 20.2. The number of para-hydroxylation sites is 1. The number of hydrogen-bond acceptors (Lipinski definition) is 5. The van der Waals surface area contributed by atoms with E-state index < -0.39 is 12.0 Å². The Bertz CT molecular complexity index is 978. The monoisotopic (exact) mass is 429 g/mol. The predicted octanol–water partition coefficient (Wildman–Crippen LogP) is 3.76. The van der Waals surface area contributed by atoms with Gasteiger partial charge >= 0.3 is 5.97 Å². The fourth-order valence-electron chi connectivity index (χ4n) is 3.66. The molecule has 1 aromatic carbocycles. The molecule has 0 spiro atoms. The third kappa shape index (κ3) is 4.83. The molecule has 1 fully saturated rings. The molecular weight excluding hydrogens is 406 g/mol. The minimum absolute atomic E-state index is 0.139. The number of rotatable bonds is 7. The normalized spacial score (nSPS) is 16.7. The summed E-state index contributed by atoms with van der Waals surface area (Å²) in [5, 5.41) is 15.5. The number of aromatic amines is 1. The van der Waals surface area contributed by atoms with Crippen LogP contribution in [0.5, 0.6) is 0 Å². The number of carboxylic acids is 1. The number of amides is 1. The van der Waals surface area contributed by atoms with Crippen LogP contribution in [-0.2, 0) is 16.0 Å². The minimum Gasteiger partial charge on any atom is -0.480 e. The third-order valence-electron chi connectivity index (χ3n) is 5.25. The molecule has 1 aliphatic heterocycles. The molecule has 0 saturated carbocycles. The van der Waals surface area contributed by atoms with E-state index in [1.165, 1.54) is 4.21 Å². The smallest absolute Gasteiger partial charge is 0.326 e. The molecule has 8 heteroatoms. The predicted molar refractivity (Wildman–Crippen MR) is 116 cm³/mol. The Morgan fingerprint density at radius 2 is 2.03 bits per heavy atom. The van der Waals surface area contributed by atoms with Gasteiger partial charge in [-0.2, -0.15) is 0 Å². The lowest BCUT2D eigenvalue weighted by Crippen LogP contribution is -2.46. The first-order chi connectivity index (χ1) is 14.1. The summed E-state index contributed by atoms with van der Waals surface area (Å²) in [6.07, 6.45) is 3.57. The van der Waals surface area contributed by atoms with E-state index in [2.05, 4.69) is 26.1 Å². The molecule has 0 bridgehead atoms. The Morgan fingerprint density at radius 1 is 1.24 bits per heavy atom. The van der Waals surface area contributed by atoms with Gasteiger partial charge in [0.2, 0.25) is 5.91 Å². The maximum atomic E-state index is 12.7. The number of H-pyrrole nitrogens is 1. The summed E-state index contributed by atoms with van der Waals surface area (Å²) >= 11 is 3.44. The van der Waals surface area contributed by atoms with E-state index in [0.29, 0.717) is 0 Å². The van der Waals surface area contributed by atoms with E-state index in [9.17, 15) is 14.7 Å². The Morgan fingerprint density at radius 3 is 2.76 bits per heavy atom. The summed E-state index contributed by atoms with van der Waals surface area (Å²) in [7, 11) is 0. The molecule has 1 saturated heterocycles. The second kappa shape index (κ2) is 9.02. The molecule has 6 nitrogen and oxygen atoms in total. The highest BCUT2D eigenvalue weighted by atomic mass is 32.2. The fourth-order valence-corrected chi connectivity index (χ4v) is 5.55. The van der Waals surface area contributed by atoms with Crippen LogP contribution in [0.2, 0.25) is 0 Å². The average molecular weight is 430 g/mol. The number of aliphatic carboxylic acids is 1. The molecule has 29 heavy (non-hydrogen) atoms. The van der Waals surface area contributed by atoms with Gasteiger partial charge in [0.05, 0.1) is 4.21 Å². The van der Waals surface area contributed by atoms with E-state index in [4.69, 9.17) is 0 Å². The van der Waals surface area contributed by atoms with E-state index in [-0.39, 0.29) is 18.2 Å². The minimum atomic E-state index is -1.01. The van der Waals surface area contributed by atoms with Crippen LogP contribution in [0.1, 0.15) is 18.4 Å². The van der Waals surface area contributed by atoms with Crippen molar-refractivity contribution in [3.05, 3.63) is 53.5 Å². The quantitative estimate of drug-likeness (QED) is 0.498. The molecule has 4 rings (SSSR count). The van der Waals surface area contributed by atoms with Gasteiger partial charge in [0, 0.05) is 42.5 Å². The summed E-state index contributed by atoms with van der Waals surface area (Å²) in [5.74, 6) is -1.30. The Kier molecular flexibility index (Phi) is 6.22. The largest absolute Gasteiger partial charge is 0.480 e. The number of piperidine rings is 1. The molecule has 1 atom stereocenters. The first-order valence-electron chi connectivity index (χ1n) is 9.65. The highest BCUT2D eigenvalue weighted by molar-refractivity contribution is 7.98. The summed E-state index contributed by atoms with van der Waals surface area (Å²) < 4.78 is 3.52. The van der Waals surface area contributed by atoms with Crippen molar-refractivity contribution in [1.82, 2.24) is 14.6 Å². The average Bonchev–Trinajstić information content (AvgIpc) is 3.38. The lowest BCUT2D eigenvalue weighted by Gasteiger charge is -2.30. The van der Waals surface area contributed by atoms with Crippen LogP contribution in [0.4, 0.5) is 0 Å². The van der Waals surface area contributed by atoms with Gasteiger partial charge in [0.25, 0.3) is 0 Å². The standard InChI is InChI=1S/C21H23N3O3S2/c25-20(14-7-9-24(10-8-14)29-19-6-3-11-28-19)23-18(21(26)27)12-15-13-22-17-5-2-1-4-16(15)17/h1-6,11,13-14,18,22H,7-10,12H2,(H,23,25)(H,26,27). The molecule has 3 N–H and O–H groups in total. The summed E-state index contributed by atoms with van der Waals surface area (Å²) in [5.41, 5.74) is 1.86. The molecule has 3 aromatic rings. The second-order valence-electron chi connectivity index (χ2n) is 7.19. The van der Waals surface area contributed by atoms with Gasteiger partial charge < -0.3 is 15.4 Å². The van der Waals surface area contributed by atoms with Gasteiger partial charge in [0.1, 0.15) is 6.04 Å². The zero-order valence-electron chi connectivity index (χ0n) is 15.8. The van der Waals surface area contributed by atoms with Crippen molar-refractivity contribution in [2.75, 3.05) is 13.1 Å². The first kappa shape index (κ1) is 20.0. The van der Waals surface area contributed by atoms with Gasteiger partial charge in [-0.1, -0.05) is 24.3 Å². The van der Waals surface area contributed by atoms with Crippen molar-refractivity contribution in [3.8, 4) is 0 Å². The molecule has 152 valence electrons. The highest BCUT2D eigenvalue weighted by Gasteiger charge is 2.29. The Labute approximate surface area is 177 Å². The number of carboxylic acid groups (broad SMARTS) is 1. The Hall–Kier alpha value is -2.29. The van der Waals surface area contributed by atoms with Gasteiger partial charge in [-0.25, -0.2) is 9.10 Å². The molecule has 2 aromatic heterocycles. The van der Waals surface area contributed by atoms with Crippen LogP contribution in [0.3, 0.4) is 0 Å². The van der Waals surface area contributed by atoms with Crippen LogP contribution in [0, 0.1) is 5.92 Å². The topological polar surface area (TPSA) is 85.4 Å². The van der Waals surface area contributed by atoms with Crippen LogP contribution >= 0.6 is 23.3 Å². The maximum Gasteiger partial charge on any atom is 0.326 e. The summed E-state index contributed by atoms with van der Waals surface area (Å²) in [4.78, 5) is 27.7. The van der Waals surface area contributed by atoms with Gasteiger partial charge in [-0.3, -0.25) is 4.79 Å². The number of nitrogens with zero attached hydrogens (tertiary/aromatic N) is 1. The number of hydrogen-bond donors (Lipinski definition) is 3. The van der Waals surface area contributed by atoms with Crippen molar-refractivity contribution in [2.45, 2.75) is 29.5 Å². The fraction of sp³-hybridized carbons (Fsp3) is 0.333. The van der Waals surface area contributed by atoms with Gasteiger partial charge in [-0.05, 0) is 47.9 Å². The van der Waals surface area contributed by atoms with Crippen molar-refractivity contribution in [1.29, 1.82) is 0 Å². The molecule has 3 heterocycles. The number of aromatic nitrogens is 1. The first-order valence-corrected chi connectivity index (χ1v) is 11.3. The van der Waals surface area contributed by atoms with Crippen LogP contribution in [-0.4, -0.2) is 45.4 Å². The van der Waals surface area contributed by atoms with Crippen molar-refractivity contribution < 1.29 is 14.7 Å². The summed E-state index contributed by atoms with van der Waals surface area (Å²) in [6, 6.07) is 11.0. The highest BCUT2D eigenvalue weighted by Crippen LogP contribution is 2.31. The lowest BCUT2D eigenvalue weighted by atomic mass is 9.96. The van der Waals surface area contributed by atoms with E-state index >= 15 is 0 Å². The lowest BCUT2D eigenvalue weighted by molar-refractivity contribution is -0.142. The van der Waals surface area contributed by atoms with Crippen molar-refractivity contribution >= 4 is 46.1 Å². The zero-order valence-corrected chi connectivity index (χ0v) is 17.5. The summed E-state index contributed by atoms with van der Waals surface area (Å²) in [6.45, 7) is 1.64. The molecule has 1 amide bonds. The molecular formula is C21H23N3O3S2. The van der Waals surface area contributed by atoms with Crippen LogP contribution in [0.25, 0.3) is 10.9 Å². The third-order valence-corrected chi connectivity index (χ3v) is 7.37. The molecule has 0 aliphatic carbocycles. The number of carbonyl (C=O) groups is 2. The van der Waals surface area contributed by atoms with E-state index in [1.54, 1.807) is 23.3 Å². The number of carbonyl (C=O) groups excluding carboxylic acids is 1. The van der Waals surface area contributed by atoms with Crippen molar-refractivity contribution in [3.63, 3.8) is 0 Å². The second-order valence-corrected chi connectivity index (χ2v) is 9.53. The van der Waals surface area contributed by atoms with Gasteiger partial charge in [-0.15, -0.1) is 11.3 Å². The van der Waals surface area contributed by atoms with E-state index in [0.717, 1.165) is 42.4 Å². The number of nitrogens with one attached hydrogen (secondary N) is 2. The Balaban J connectivity index is 1.34. The van der Waals surface area contributed by atoms with Crippen LogP contribution in [0.15, 0.2) is 52.2 Å². The SMILES string of the molecule is O=C(NC(Cc1c[nH]c2ccccc12)C(=O)O)C1CCN(Sc2cccs2)CC1. The number of thiophene rings is 1. The van der Waals surface area contributed by atoms with E-state index in [1.807, 2.05) is 36.5 Å². The van der Waals surface area contributed by atoms with Crippen molar-refractivity contribution in [2.24, 2.45) is 5.92 Å². The van der Waals surface area contributed by atoms with Crippen LogP contribution < -0.4 is 5.32 Å². The maximum absolute atomic E-state index is 12.7. The molecule has 0 radical (unpaired) electrons. The molecule has 1 unspecified atom stereocenters. The van der Waals surface area contributed by atoms with Gasteiger partial charge in [0.15, 0.2) is 0 Å². The number of fused-ring (bicyclic) bond motifs is 1. The molecule has 1 aliphatic rings.